The molecule has 0 aliphatic carbocycles. The number of hydrogen-bond donors (Lipinski definition) is 1. The number of thiazole rings is 1. The average Bonchev–Trinajstić information content (AvgIpc) is 3.13. The van der Waals surface area contributed by atoms with Crippen molar-refractivity contribution in [2.45, 2.75) is 26.8 Å². The lowest BCUT2D eigenvalue weighted by Gasteiger charge is -2.24. The number of carbonyl (C=O) groups is 2. The van der Waals surface area contributed by atoms with E-state index in [0.717, 1.165) is 11.3 Å². The molecule has 1 aliphatic heterocycles. The molecule has 0 saturated heterocycles. The van der Waals surface area contributed by atoms with Gasteiger partial charge in [0.25, 0.3) is 10.5 Å². The second-order valence-electron chi connectivity index (χ2n) is 7.83. The summed E-state index contributed by atoms with van der Waals surface area (Å²) in [6, 6.07) is 11.8. The zero-order valence-corrected chi connectivity index (χ0v) is 20.4. The minimum atomic E-state index is -0.824. The number of allylic oxidation sites excluding steroid dienone is 1. The van der Waals surface area contributed by atoms with Crippen LogP contribution in [0.5, 0.6) is 5.75 Å². The maximum absolute atomic E-state index is 13.6. The highest BCUT2D eigenvalue weighted by Gasteiger charge is 2.33. The van der Waals surface area contributed by atoms with E-state index in [1.165, 1.54) is 23.6 Å². The second-order valence-corrected chi connectivity index (χ2v) is 8.84. The van der Waals surface area contributed by atoms with Gasteiger partial charge in [-0.3, -0.25) is 14.2 Å². The first-order chi connectivity index (χ1) is 17.2. The fourth-order valence-corrected chi connectivity index (χ4v) is 4.92. The van der Waals surface area contributed by atoms with Crippen molar-refractivity contribution in [3.8, 4) is 5.75 Å². The molecule has 0 spiro atoms. The van der Waals surface area contributed by atoms with E-state index in [1.807, 2.05) is 0 Å². The highest BCUT2D eigenvalue weighted by Crippen LogP contribution is 2.31. The van der Waals surface area contributed by atoms with Gasteiger partial charge in [0.2, 0.25) is 0 Å². The molecular formula is C25H22N3O7S+. The first-order valence-corrected chi connectivity index (χ1v) is 11.8. The standard InChI is InChI=1S/C25H22N3O7S/c1-4-34-24(31)21-14(2)26-25-27(22(21)17-8-10-19(11-9-17)35-15(3)29)23(30)20(36-25)13-16-6-5-7-18(12-16)28(32)33/h5-13,22H,4H2,1-3H3,(H,32,33)/q+1/b20-13-. The van der Waals surface area contributed by atoms with Crippen LogP contribution in [0.25, 0.3) is 6.08 Å². The van der Waals surface area contributed by atoms with Crippen molar-refractivity contribution >= 4 is 35.0 Å². The van der Waals surface area contributed by atoms with E-state index in [0.29, 0.717) is 31.9 Å². The Bertz CT molecular complexity index is 1580. The lowest BCUT2D eigenvalue weighted by molar-refractivity contribution is -0.729. The molecule has 1 aliphatic rings. The molecule has 2 aromatic carbocycles. The molecule has 2 heterocycles. The number of esters is 2. The van der Waals surface area contributed by atoms with Crippen molar-refractivity contribution in [3.05, 3.63) is 95.5 Å². The third-order valence-corrected chi connectivity index (χ3v) is 6.35. The first-order valence-electron chi connectivity index (χ1n) is 10.9. The fraction of sp³-hybridized carbons (Fsp3) is 0.200. The van der Waals surface area contributed by atoms with Gasteiger partial charge in [-0.05, 0) is 43.2 Å². The van der Waals surface area contributed by atoms with Gasteiger partial charge in [0, 0.05) is 19.1 Å². The molecule has 11 heteroatoms. The van der Waals surface area contributed by atoms with Crippen LogP contribution in [0.1, 0.15) is 37.9 Å². The summed E-state index contributed by atoms with van der Waals surface area (Å²) in [5, 5.41) is 9.19. The molecule has 3 aromatic rings. The van der Waals surface area contributed by atoms with Gasteiger partial charge < -0.3 is 9.47 Å². The Morgan fingerprint density at radius 1 is 1.22 bits per heavy atom. The van der Waals surface area contributed by atoms with E-state index < -0.39 is 23.5 Å². The van der Waals surface area contributed by atoms with Crippen molar-refractivity contribution in [1.82, 2.24) is 4.57 Å². The summed E-state index contributed by atoms with van der Waals surface area (Å²) in [7, 11) is 0. The topological polar surface area (TPSA) is 127 Å². The number of aromatic nitrogens is 1. The summed E-state index contributed by atoms with van der Waals surface area (Å²) in [4.78, 5) is 53.7. The van der Waals surface area contributed by atoms with Crippen molar-refractivity contribution in [1.29, 1.82) is 0 Å². The van der Waals surface area contributed by atoms with E-state index in [2.05, 4.69) is 4.99 Å². The lowest BCUT2D eigenvalue weighted by atomic mass is 9.96. The molecule has 0 fully saturated rings. The molecule has 1 unspecified atom stereocenters. The molecule has 0 bridgehead atoms. The van der Waals surface area contributed by atoms with Crippen LogP contribution >= 0.6 is 11.3 Å². The minimum absolute atomic E-state index is 0.0164. The summed E-state index contributed by atoms with van der Waals surface area (Å²) < 4.78 is 12.1. The van der Waals surface area contributed by atoms with Crippen LogP contribution in [-0.4, -0.2) is 33.2 Å². The van der Waals surface area contributed by atoms with Gasteiger partial charge in [-0.2, -0.15) is 0 Å². The number of ether oxygens (including phenoxy) is 2. The Balaban J connectivity index is 1.90. The van der Waals surface area contributed by atoms with Crippen molar-refractivity contribution in [2.75, 3.05) is 6.61 Å². The highest BCUT2D eigenvalue weighted by molar-refractivity contribution is 7.07. The van der Waals surface area contributed by atoms with Crippen molar-refractivity contribution < 1.29 is 29.2 Å². The van der Waals surface area contributed by atoms with E-state index >= 15 is 0 Å². The second kappa shape index (κ2) is 10.1. The van der Waals surface area contributed by atoms with Crippen LogP contribution in [0, 0.1) is 4.91 Å². The van der Waals surface area contributed by atoms with Gasteiger partial charge in [0.15, 0.2) is 4.80 Å². The van der Waals surface area contributed by atoms with Crippen LogP contribution in [0.3, 0.4) is 0 Å². The first kappa shape index (κ1) is 24.7. The number of hydrogen-bond acceptors (Lipinski definition) is 8. The van der Waals surface area contributed by atoms with E-state index in [1.54, 1.807) is 56.3 Å². The number of nitrogens with zero attached hydrogens (tertiary/aromatic N) is 3. The van der Waals surface area contributed by atoms with Gasteiger partial charge in [-0.25, -0.2) is 15.0 Å². The zero-order chi connectivity index (χ0) is 26.0. The zero-order valence-electron chi connectivity index (χ0n) is 19.6. The Kier molecular flexibility index (Phi) is 6.93. The summed E-state index contributed by atoms with van der Waals surface area (Å²) in [5.41, 5.74) is 1.38. The lowest BCUT2D eigenvalue weighted by Crippen LogP contribution is -2.39. The molecule has 10 nitrogen and oxygen atoms in total. The van der Waals surface area contributed by atoms with E-state index in [4.69, 9.17) is 9.47 Å². The monoisotopic (exact) mass is 508 g/mol. The predicted octanol–water partition coefficient (Wildman–Crippen LogP) is 2.52. The Morgan fingerprint density at radius 3 is 2.58 bits per heavy atom. The van der Waals surface area contributed by atoms with Gasteiger partial charge in [-0.1, -0.05) is 35.6 Å². The molecule has 1 atom stereocenters. The SMILES string of the molecule is CCOC(=O)C1=C(C)N=c2s/c(=C\c3cccc([N+](=O)O)c3)c(=O)n2C1c1ccc(OC(C)=O)cc1. The Hall–Kier alpha value is -4.38. The average molecular weight is 509 g/mol. The van der Waals surface area contributed by atoms with Gasteiger partial charge >= 0.3 is 17.6 Å². The molecule has 0 saturated carbocycles. The summed E-state index contributed by atoms with van der Waals surface area (Å²) >= 11 is 1.13. The molecule has 0 radical (unpaired) electrons. The molecule has 36 heavy (non-hydrogen) atoms. The predicted molar refractivity (Wildman–Crippen MR) is 130 cm³/mol. The Labute approximate surface area is 208 Å². The molecule has 4 rings (SSSR count). The normalized spacial score (nSPS) is 15.2. The van der Waals surface area contributed by atoms with E-state index in [-0.39, 0.29) is 22.8 Å². The summed E-state index contributed by atoms with van der Waals surface area (Å²) in [6.45, 7) is 4.81. The molecular weight excluding hydrogens is 486 g/mol. The molecule has 1 N–H and O–H groups in total. The largest absolute Gasteiger partial charge is 0.463 e. The number of carbonyl (C=O) groups excluding carboxylic acids is 2. The maximum Gasteiger partial charge on any atom is 0.338 e. The quantitative estimate of drug-likeness (QED) is 0.308. The molecule has 184 valence electrons. The van der Waals surface area contributed by atoms with Crippen molar-refractivity contribution in [2.24, 2.45) is 4.99 Å². The van der Waals surface area contributed by atoms with Gasteiger partial charge in [0.05, 0.1) is 33.4 Å². The molecule has 0 amide bonds. The third kappa shape index (κ3) is 4.86. The van der Waals surface area contributed by atoms with Crippen LogP contribution in [0.4, 0.5) is 5.69 Å². The minimum Gasteiger partial charge on any atom is -0.463 e. The summed E-state index contributed by atoms with van der Waals surface area (Å²) in [6.07, 6.45) is 1.58. The fourth-order valence-electron chi connectivity index (χ4n) is 3.88. The maximum atomic E-state index is 13.6. The van der Waals surface area contributed by atoms with E-state index in [9.17, 15) is 24.5 Å². The van der Waals surface area contributed by atoms with Gasteiger partial charge in [0.1, 0.15) is 5.75 Å². The van der Waals surface area contributed by atoms with Crippen LogP contribution in [0.15, 0.2) is 69.6 Å². The summed E-state index contributed by atoms with van der Waals surface area (Å²) in [5.74, 6) is -0.731. The number of rotatable bonds is 6. The molecule has 1 aromatic heterocycles. The van der Waals surface area contributed by atoms with Gasteiger partial charge in [-0.15, -0.1) is 0 Å². The number of fused-ring (bicyclic) bond motifs is 1. The van der Waals surface area contributed by atoms with Crippen LogP contribution in [0.2, 0.25) is 0 Å². The highest BCUT2D eigenvalue weighted by atomic mass is 32.1. The Morgan fingerprint density at radius 2 is 1.94 bits per heavy atom. The van der Waals surface area contributed by atoms with Crippen LogP contribution in [-0.2, 0) is 14.3 Å². The van der Waals surface area contributed by atoms with Crippen LogP contribution < -0.4 is 19.6 Å². The van der Waals surface area contributed by atoms with Crippen molar-refractivity contribution in [3.63, 3.8) is 0 Å². The third-order valence-electron chi connectivity index (χ3n) is 5.36. The smallest absolute Gasteiger partial charge is 0.338 e. The number of benzene rings is 2.